The van der Waals surface area contributed by atoms with Crippen molar-refractivity contribution in [3.8, 4) is 0 Å². The van der Waals surface area contributed by atoms with Crippen LogP contribution in [-0.4, -0.2) is 23.5 Å². The van der Waals surface area contributed by atoms with Gasteiger partial charge in [-0.2, -0.15) is 0 Å². The lowest BCUT2D eigenvalue weighted by Crippen LogP contribution is -2.28. The summed E-state index contributed by atoms with van der Waals surface area (Å²) in [6.07, 6.45) is 0.996. The fourth-order valence-electron chi connectivity index (χ4n) is 1.63. The van der Waals surface area contributed by atoms with Crippen LogP contribution < -0.4 is 0 Å². The predicted molar refractivity (Wildman–Crippen MR) is 64.3 cm³/mol. The third-order valence-electron chi connectivity index (χ3n) is 2.35. The zero-order valence-corrected chi connectivity index (χ0v) is 11.0. The molecule has 0 aliphatic heterocycles. The van der Waals surface area contributed by atoms with E-state index >= 15 is 0 Å². The molecule has 1 aromatic rings. The standard InChI is InChI=1S/C11H16ClO2Si/c1-4-11(15(13-2)14-3)9-6-5-7-10(12)8-9/h5-8,11H,4H2,1-3H3. The molecule has 0 heterocycles. The number of halogens is 1. The second kappa shape index (κ2) is 6.28. The maximum Gasteiger partial charge on any atom is 0.392 e. The smallest absolute Gasteiger partial charge is 0.392 e. The van der Waals surface area contributed by atoms with Gasteiger partial charge in [-0.05, 0) is 24.1 Å². The lowest BCUT2D eigenvalue weighted by Gasteiger charge is -2.20. The van der Waals surface area contributed by atoms with E-state index in [9.17, 15) is 0 Å². The SMILES string of the molecule is CCC(c1cccc(Cl)c1)[Si](OC)OC. The molecule has 83 valence electrons. The first kappa shape index (κ1) is 12.7. The molecule has 1 rings (SSSR count). The Balaban J connectivity index is 2.90. The van der Waals surface area contributed by atoms with Crippen molar-refractivity contribution in [2.24, 2.45) is 0 Å². The lowest BCUT2D eigenvalue weighted by molar-refractivity contribution is 0.265. The molecule has 1 atom stereocenters. The molecular weight excluding hydrogens is 228 g/mol. The number of benzene rings is 1. The van der Waals surface area contributed by atoms with Crippen molar-refractivity contribution in [2.75, 3.05) is 14.2 Å². The second-order valence-corrected chi connectivity index (χ2v) is 5.83. The first-order valence-corrected chi connectivity index (χ1v) is 6.70. The molecule has 1 unspecified atom stereocenters. The first-order valence-electron chi connectivity index (χ1n) is 4.93. The summed E-state index contributed by atoms with van der Waals surface area (Å²) in [5.74, 6) is 0. The molecule has 0 amide bonds. The summed E-state index contributed by atoms with van der Waals surface area (Å²) in [6, 6.07) is 7.90. The number of rotatable bonds is 5. The Bertz CT molecular complexity index is 302. The highest BCUT2D eigenvalue weighted by atomic mass is 35.5. The molecule has 1 radical (unpaired) electrons. The molecule has 15 heavy (non-hydrogen) atoms. The highest BCUT2D eigenvalue weighted by Crippen LogP contribution is 2.25. The van der Waals surface area contributed by atoms with Crippen molar-refractivity contribution >= 4 is 20.9 Å². The van der Waals surface area contributed by atoms with Gasteiger partial charge in [0.25, 0.3) is 0 Å². The van der Waals surface area contributed by atoms with Gasteiger partial charge in [0.1, 0.15) is 0 Å². The van der Waals surface area contributed by atoms with Crippen LogP contribution in [0.1, 0.15) is 24.4 Å². The molecule has 0 saturated carbocycles. The van der Waals surface area contributed by atoms with Gasteiger partial charge in [-0.15, -0.1) is 0 Å². The zero-order valence-electron chi connectivity index (χ0n) is 9.29. The maximum atomic E-state index is 5.97. The van der Waals surface area contributed by atoms with Crippen LogP contribution in [-0.2, 0) is 8.85 Å². The van der Waals surface area contributed by atoms with E-state index in [2.05, 4.69) is 13.0 Å². The summed E-state index contributed by atoms with van der Waals surface area (Å²) in [5.41, 5.74) is 1.52. The molecule has 0 bridgehead atoms. The predicted octanol–water partition coefficient (Wildman–Crippen LogP) is 3.15. The van der Waals surface area contributed by atoms with Gasteiger partial charge in [0.2, 0.25) is 0 Å². The van der Waals surface area contributed by atoms with Gasteiger partial charge in [0.15, 0.2) is 0 Å². The minimum Gasteiger partial charge on any atom is -0.396 e. The van der Waals surface area contributed by atoms with Crippen molar-refractivity contribution in [1.82, 2.24) is 0 Å². The van der Waals surface area contributed by atoms with Crippen LogP contribution in [0.4, 0.5) is 0 Å². The van der Waals surface area contributed by atoms with Gasteiger partial charge in [0, 0.05) is 24.8 Å². The molecule has 0 aliphatic rings. The molecule has 0 saturated heterocycles. The number of hydrogen-bond acceptors (Lipinski definition) is 2. The highest BCUT2D eigenvalue weighted by Gasteiger charge is 2.26. The summed E-state index contributed by atoms with van der Waals surface area (Å²) >= 11 is 5.97. The van der Waals surface area contributed by atoms with E-state index in [4.69, 9.17) is 20.5 Å². The van der Waals surface area contributed by atoms with Crippen molar-refractivity contribution in [1.29, 1.82) is 0 Å². The van der Waals surface area contributed by atoms with E-state index < -0.39 is 9.28 Å². The molecule has 1 aromatic carbocycles. The van der Waals surface area contributed by atoms with Gasteiger partial charge in [0.05, 0.1) is 0 Å². The maximum absolute atomic E-state index is 5.97. The Hall–Kier alpha value is -0.353. The first-order chi connectivity index (χ1) is 7.22. The Morgan fingerprint density at radius 1 is 1.33 bits per heavy atom. The van der Waals surface area contributed by atoms with Gasteiger partial charge >= 0.3 is 9.28 Å². The topological polar surface area (TPSA) is 18.5 Å². The van der Waals surface area contributed by atoms with Crippen molar-refractivity contribution < 1.29 is 8.85 Å². The summed E-state index contributed by atoms with van der Waals surface area (Å²) in [6.45, 7) is 2.13. The lowest BCUT2D eigenvalue weighted by atomic mass is 10.1. The molecule has 4 heteroatoms. The zero-order chi connectivity index (χ0) is 11.3. The summed E-state index contributed by atoms with van der Waals surface area (Å²) in [7, 11) is 2.16. The second-order valence-electron chi connectivity index (χ2n) is 3.24. The van der Waals surface area contributed by atoms with E-state index in [1.165, 1.54) is 5.56 Å². The fourth-order valence-corrected chi connectivity index (χ4v) is 3.35. The highest BCUT2D eigenvalue weighted by molar-refractivity contribution is 6.46. The molecule has 0 aliphatic carbocycles. The largest absolute Gasteiger partial charge is 0.396 e. The molecule has 0 fully saturated rings. The molecule has 0 N–H and O–H groups in total. The minimum atomic E-state index is -1.24. The van der Waals surface area contributed by atoms with Crippen molar-refractivity contribution in [3.05, 3.63) is 34.9 Å². The van der Waals surface area contributed by atoms with Crippen molar-refractivity contribution in [2.45, 2.75) is 18.9 Å². The van der Waals surface area contributed by atoms with Crippen LogP contribution in [0.15, 0.2) is 24.3 Å². The van der Waals surface area contributed by atoms with Crippen LogP contribution in [0.25, 0.3) is 0 Å². The Labute approximate surface area is 98.0 Å². The van der Waals surface area contributed by atoms with E-state index in [0.717, 1.165) is 11.4 Å². The monoisotopic (exact) mass is 243 g/mol. The Kier molecular flexibility index (Phi) is 5.32. The van der Waals surface area contributed by atoms with E-state index in [0.29, 0.717) is 5.54 Å². The van der Waals surface area contributed by atoms with E-state index in [1.54, 1.807) is 14.2 Å². The quantitative estimate of drug-likeness (QED) is 0.740. The average Bonchev–Trinajstić information content (AvgIpc) is 2.25. The Morgan fingerprint density at radius 2 is 2.00 bits per heavy atom. The third kappa shape index (κ3) is 3.31. The van der Waals surface area contributed by atoms with Gasteiger partial charge in [-0.25, -0.2) is 0 Å². The summed E-state index contributed by atoms with van der Waals surface area (Å²) < 4.78 is 10.8. The molecular formula is C11H16ClO2Si. The van der Waals surface area contributed by atoms with Crippen LogP contribution in [0, 0.1) is 0 Å². The summed E-state index contributed by atoms with van der Waals surface area (Å²) in [4.78, 5) is 0. The number of hydrogen-bond donors (Lipinski definition) is 0. The molecule has 0 spiro atoms. The Morgan fingerprint density at radius 3 is 2.47 bits per heavy atom. The fraction of sp³-hybridized carbons (Fsp3) is 0.455. The van der Waals surface area contributed by atoms with Crippen LogP contribution in [0.5, 0.6) is 0 Å². The van der Waals surface area contributed by atoms with Crippen LogP contribution in [0.2, 0.25) is 5.02 Å². The van der Waals surface area contributed by atoms with Gasteiger partial charge in [-0.3, -0.25) is 0 Å². The summed E-state index contributed by atoms with van der Waals surface area (Å²) in [5, 5.41) is 0.763. The van der Waals surface area contributed by atoms with Gasteiger partial charge in [-0.1, -0.05) is 30.7 Å². The van der Waals surface area contributed by atoms with Gasteiger partial charge < -0.3 is 8.85 Å². The normalized spacial score (nSPS) is 13.1. The van der Waals surface area contributed by atoms with Crippen molar-refractivity contribution in [3.63, 3.8) is 0 Å². The van der Waals surface area contributed by atoms with E-state index in [1.807, 2.05) is 18.2 Å². The van der Waals surface area contributed by atoms with E-state index in [-0.39, 0.29) is 0 Å². The molecule has 0 aromatic heterocycles. The average molecular weight is 244 g/mol. The van der Waals surface area contributed by atoms with Crippen LogP contribution >= 0.6 is 11.6 Å². The molecule has 2 nitrogen and oxygen atoms in total. The minimum absolute atomic E-state index is 0.323. The third-order valence-corrected chi connectivity index (χ3v) is 4.70. The van der Waals surface area contributed by atoms with Crippen LogP contribution in [0.3, 0.4) is 0 Å².